The first kappa shape index (κ1) is 26.4. The van der Waals surface area contributed by atoms with Crippen molar-refractivity contribution in [1.29, 1.82) is 0 Å². The molecule has 10 nitrogen and oxygen atoms in total. The summed E-state index contributed by atoms with van der Waals surface area (Å²) in [6, 6.07) is 7.91. The summed E-state index contributed by atoms with van der Waals surface area (Å²) < 4.78 is 66.8. The maximum absolute atomic E-state index is 11.9. The van der Waals surface area contributed by atoms with Crippen LogP contribution >= 0.6 is 12.2 Å². The van der Waals surface area contributed by atoms with E-state index in [1.807, 2.05) is 0 Å². The van der Waals surface area contributed by atoms with Crippen LogP contribution in [0.15, 0.2) is 46.2 Å². The van der Waals surface area contributed by atoms with Gasteiger partial charge in [0.25, 0.3) is 20.2 Å². The number of thiocarbonyl (C=S) groups is 1. The third-order valence-electron chi connectivity index (χ3n) is 4.30. The molecule has 2 aromatic rings. The van der Waals surface area contributed by atoms with Gasteiger partial charge in [0.1, 0.15) is 9.79 Å². The Morgan fingerprint density at radius 2 is 1.30 bits per heavy atom. The van der Waals surface area contributed by atoms with Gasteiger partial charge in [-0.1, -0.05) is 38.1 Å². The Labute approximate surface area is 197 Å². The van der Waals surface area contributed by atoms with Crippen LogP contribution in [-0.4, -0.2) is 44.0 Å². The van der Waals surface area contributed by atoms with Gasteiger partial charge >= 0.3 is 0 Å². The molecule has 0 aliphatic carbocycles. The van der Waals surface area contributed by atoms with Crippen molar-refractivity contribution in [3.05, 3.63) is 47.5 Å². The fourth-order valence-electron chi connectivity index (χ4n) is 2.61. The number of carbonyl (C=O) groups is 1. The second kappa shape index (κ2) is 10.4. The minimum absolute atomic E-state index is 0.0277. The van der Waals surface area contributed by atoms with Gasteiger partial charge in [-0.3, -0.25) is 13.9 Å². The van der Waals surface area contributed by atoms with E-state index in [2.05, 4.69) is 16.0 Å². The Morgan fingerprint density at radius 1 is 0.879 bits per heavy atom. The van der Waals surface area contributed by atoms with Crippen LogP contribution in [0.3, 0.4) is 0 Å². The number of hydrogen-bond acceptors (Lipinski definition) is 6. The molecule has 0 aromatic heterocycles. The topological polar surface area (TPSA) is 162 Å². The van der Waals surface area contributed by atoms with E-state index in [0.29, 0.717) is 5.69 Å². The Hall–Kier alpha value is -2.84. The van der Waals surface area contributed by atoms with Crippen molar-refractivity contribution in [2.45, 2.75) is 23.6 Å². The number of carbonyl (C=O) groups excluding carboxylic acids is 1. The molecule has 0 bridgehead atoms. The summed E-state index contributed by atoms with van der Waals surface area (Å²) in [7, 11) is -7.75. The Balaban J connectivity index is 2.51. The summed E-state index contributed by atoms with van der Waals surface area (Å²) in [6.07, 6.45) is 2.52. The summed E-state index contributed by atoms with van der Waals surface area (Å²) in [5.74, 6) is -0.693. The monoisotopic (exact) mass is 513 g/mol. The van der Waals surface area contributed by atoms with Crippen molar-refractivity contribution in [3.8, 4) is 0 Å². The lowest BCUT2D eigenvalue weighted by Crippen LogP contribution is -2.24. The van der Waals surface area contributed by atoms with E-state index in [9.17, 15) is 30.7 Å². The molecular formula is C20H23N3O7S3. The van der Waals surface area contributed by atoms with Crippen molar-refractivity contribution in [3.63, 3.8) is 0 Å². The zero-order valence-electron chi connectivity index (χ0n) is 17.9. The molecule has 0 spiro atoms. The second-order valence-corrected chi connectivity index (χ2v) is 10.3. The lowest BCUT2D eigenvalue weighted by Gasteiger charge is -2.11. The quantitative estimate of drug-likeness (QED) is 0.211. The third kappa shape index (κ3) is 7.33. The van der Waals surface area contributed by atoms with E-state index >= 15 is 0 Å². The van der Waals surface area contributed by atoms with Gasteiger partial charge in [-0.15, -0.1) is 0 Å². The van der Waals surface area contributed by atoms with Crippen LogP contribution < -0.4 is 16.0 Å². The van der Waals surface area contributed by atoms with Crippen molar-refractivity contribution in [2.24, 2.45) is 5.92 Å². The molecule has 0 fully saturated rings. The molecule has 0 unspecified atom stereocenters. The first-order valence-corrected chi connectivity index (χ1v) is 12.7. The van der Waals surface area contributed by atoms with E-state index in [0.717, 1.165) is 12.1 Å². The lowest BCUT2D eigenvalue weighted by atomic mass is 10.1. The van der Waals surface area contributed by atoms with E-state index in [1.54, 1.807) is 20.9 Å². The van der Waals surface area contributed by atoms with E-state index in [4.69, 9.17) is 12.2 Å². The highest BCUT2D eigenvalue weighted by molar-refractivity contribution is 7.86. The van der Waals surface area contributed by atoms with Crippen LogP contribution in [-0.2, 0) is 25.0 Å². The van der Waals surface area contributed by atoms with Crippen molar-refractivity contribution in [1.82, 2.24) is 5.32 Å². The Kier molecular flexibility index (Phi) is 8.32. The van der Waals surface area contributed by atoms with Gasteiger partial charge in [0.15, 0.2) is 5.11 Å². The van der Waals surface area contributed by atoms with Crippen LogP contribution in [0.2, 0.25) is 0 Å². The van der Waals surface area contributed by atoms with Gasteiger partial charge in [-0.05, 0) is 47.6 Å². The molecule has 5 N–H and O–H groups in total. The fraction of sp³-hybridized carbons (Fsp3) is 0.200. The minimum Gasteiger partial charge on any atom is -0.366 e. The summed E-state index contributed by atoms with van der Waals surface area (Å²) in [5.41, 5.74) is 0.535. The van der Waals surface area contributed by atoms with Crippen molar-refractivity contribution in [2.75, 3.05) is 17.7 Å². The molecule has 0 radical (unpaired) electrons. The molecule has 0 aliphatic rings. The third-order valence-corrected chi connectivity index (χ3v) is 6.43. The first-order valence-electron chi connectivity index (χ1n) is 9.43. The molecule has 0 atom stereocenters. The van der Waals surface area contributed by atoms with E-state index in [-0.39, 0.29) is 33.8 Å². The number of amides is 1. The zero-order chi connectivity index (χ0) is 25.0. The number of benzene rings is 2. The highest BCUT2D eigenvalue weighted by atomic mass is 32.2. The highest BCUT2D eigenvalue weighted by Crippen LogP contribution is 2.26. The summed E-state index contributed by atoms with van der Waals surface area (Å²) in [5, 5.41) is 8.16. The number of anilines is 2. The predicted molar refractivity (Wildman–Crippen MR) is 130 cm³/mol. The molecule has 0 saturated heterocycles. The zero-order valence-corrected chi connectivity index (χ0v) is 20.3. The molecule has 13 heteroatoms. The Morgan fingerprint density at radius 3 is 1.67 bits per heavy atom. The normalized spacial score (nSPS) is 12.1. The molecule has 2 rings (SSSR count). The predicted octanol–water partition coefficient (Wildman–Crippen LogP) is 2.86. The van der Waals surface area contributed by atoms with Crippen LogP contribution in [0.4, 0.5) is 11.4 Å². The largest absolute Gasteiger partial charge is 0.366 e. The minimum atomic E-state index is -4.68. The van der Waals surface area contributed by atoms with Gasteiger partial charge in [0.05, 0.1) is 0 Å². The van der Waals surface area contributed by atoms with Gasteiger partial charge in [-0.2, -0.15) is 16.8 Å². The number of nitrogens with one attached hydrogen (secondary N) is 3. The molecule has 0 aliphatic heterocycles. The number of rotatable bonds is 7. The van der Waals surface area contributed by atoms with Gasteiger partial charge in [-0.25, -0.2) is 0 Å². The maximum atomic E-state index is 11.9. The summed E-state index contributed by atoms with van der Waals surface area (Å²) in [6.45, 7) is 3.33. The van der Waals surface area contributed by atoms with Crippen molar-refractivity contribution < 1.29 is 30.7 Å². The van der Waals surface area contributed by atoms with Gasteiger partial charge in [0, 0.05) is 24.3 Å². The molecule has 1 amide bonds. The standard InChI is InChI=1S/C20H23N3O7S3/c1-12(2)19(24)22-15-8-6-13(17(10-15)32(25,26)27)4-5-14-7-9-16(23-20(31)21-3)11-18(14)33(28,29)30/h4-12H,1-3H3,(H,22,24)(H2,21,23,31)(H,25,26,27)(H,28,29,30). The van der Waals surface area contributed by atoms with E-state index < -0.39 is 30.0 Å². The lowest BCUT2D eigenvalue weighted by molar-refractivity contribution is -0.118. The molecular weight excluding hydrogens is 490 g/mol. The average Bonchev–Trinajstić information content (AvgIpc) is 2.71. The second-order valence-electron chi connectivity index (χ2n) is 7.14. The van der Waals surface area contributed by atoms with Crippen molar-refractivity contribution >= 4 is 67.0 Å². The SMILES string of the molecule is CNC(=S)Nc1ccc(C=Cc2ccc(NC(=O)C(C)C)cc2S(=O)(=O)O)c(S(=O)(=O)O)c1. The average molecular weight is 514 g/mol. The summed E-state index contributed by atoms with van der Waals surface area (Å²) in [4.78, 5) is 10.9. The molecule has 0 heterocycles. The van der Waals surface area contributed by atoms with Crippen LogP contribution in [0.25, 0.3) is 12.2 Å². The van der Waals surface area contributed by atoms with Crippen LogP contribution in [0, 0.1) is 5.92 Å². The molecule has 0 saturated carbocycles. The molecule has 2 aromatic carbocycles. The van der Waals surface area contributed by atoms with Crippen LogP contribution in [0.1, 0.15) is 25.0 Å². The first-order chi connectivity index (χ1) is 15.2. The van der Waals surface area contributed by atoms with Crippen LogP contribution in [0.5, 0.6) is 0 Å². The molecule has 178 valence electrons. The number of hydrogen-bond donors (Lipinski definition) is 5. The molecule has 33 heavy (non-hydrogen) atoms. The smallest absolute Gasteiger partial charge is 0.295 e. The highest BCUT2D eigenvalue weighted by Gasteiger charge is 2.18. The van der Waals surface area contributed by atoms with Gasteiger partial charge in [0.2, 0.25) is 5.91 Å². The fourth-order valence-corrected chi connectivity index (χ4v) is 4.14. The maximum Gasteiger partial charge on any atom is 0.295 e. The van der Waals surface area contributed by atoms with E-state index in [1.165, 1.54) is 36.4 Å². The Bertz CT molecular complexity index is 1320. The van der Waals surface area contributed by atoms with Gasteiger partial charge < -0.3 is 16.0 Å². The summed E-state index contributed by atoms with van der Waals surface area (Å²) >= 11 is 4.97.